The maximum absolute atomic E-state index is 13.3. The van der Waals surface area contributed by atoms with Crippen LogP contribution < -0.4 is 0 Å². The van der Waals surface area contributed by atoms with E-state index >= 15 is 0 Å². The highest BCUT2D eigenvalue weighted by Crippen LogP contribution is 2.22. The minimum absolute atomic E-state index is 0.302. The van der Waals surface area contributed by atoms with Crippen molar-refractivity contribution >= 4 is 17.2 Å². The summed E-state index contributed by atoms with van der Waals surface area (Å²) in [4.78, 5) is 10.8. The first-order valence-electron chi connectivity index (χ1n) is 5.89. The molecule has 4 heteroatoms. The number of halogens is 1. The summed E-state index contributed by atoms with van der Waals surface area (Å²) in [5, 5.41) is 5.31. The first kappa shape index (κ1) is 11.6. The average Bonchev–Trinajstić information content (AvgIpc) is 2.76. The van der Waals surface area contributed by atoms with Gasteiger partial charge in [0.1, 0.15) is 12.1 Å². The molecular formula is C15H11FN2O. The number of aromatic nitrogens is 2. The number of nitrogens with zero attached hydrogens (tertiary/aromatic N) is 2. The zero-order chi connectivity index (χ0) is 13.4. The van der Waals surface area contributed by atoms with E-state index in [1.807, 2.05) is 13.0 Å². The molecule has 0 bridgehead atoms. The first-order valence-corrected chi connectivity index (χ1v) is 5.89. The zero-order valence-corrected chi connectivity index (χ0v) is 10.3. The molecule has 3 rings (SSSR count). The van der Waals surface area contributed by atoms with Gasteiger partial charge in [0, 0.05) is 10.9 Å². The average molecular weight is 254 g/mol. The van der Waals surface area contributed by atoms with E-state index in [1.54, 1.807) is 28.9 Å². The van der Waals surface area contributed by atoms with Crippen LogP contribution in [0.2, 0.25) is 0 Å². The molecule has 0 saturated carbocycles. The molecule has 0 fully saturated rings. The molecular weight excluding hydrogens is 243 g/mol. The van der Waals surface area contributed by atoms with Gasteiger partial charge in [0.25, 0.3) is 0 Å². The van der Waals surface area contributed by atoms with Gasteiger partial charge in [-0.25, -0.2) is 9.07 Å². The first-order chi connectivity index (χ1) is 9.19. The number of carbonyl (C=O) groups is 1. The lowest BCUT2D eigenvalue weighted by molar-refractivity contribution is 0.112. The van der Waals surface area contributed by atoms with Crippen LogP contribution in [0, 0.1) is 12.7 Å². The number of aldehydes is 1. The summed E-state index contributed by atoms with van der Waals surface area (Å²) in [5.41, 5.74) is 2.93. The second kappa shape index (κ2) is 4.31. The normalized spacial score (nSPS) is 10.8. The van der Waals surface area contributed by atoms with Gasteiger partial charge >= 0.3 is 0 Å². The van der Waals surface area contributed by atoms with E-state index < -0.39 is 0 Å². The van der Waals surface area contributed by atoms with E-state index in [4.69, 9.17) is 0 Å². The van der Waals surface area contributed by atoms with Crippen LogP contribution in [0.3, 0.4) is 0 Å². The van der Waals surface area contributed by atoms with E-state index in [-0.39, 0.29) is 5.82 Å². The van der Waals surface area contributed by atoms with Gasteiger partial charge in [0.2, 0.25) is 0 Å². The number of benzene rings is 2. The van der Waals surface area contributed by atoms with Crippen molar-refractivity contribution in [3.05, 3.63) is 59.5 Å². The summed E-state index contributed by atoms with van der Waals surface area (Å²) in [6, 6.07) is 11.6. The van der Waals surface area contributed by atoms with Gasteiger partial charge in [-0.15, -0.1) is 0 Å². The third-order valence-electron chi connectivity index (χ3n) is 3.08. The van der Waals surface area contributed by atoms with Crippen molar-refractivity contribution in [1.29, 1.82) is 0 Å². The Labute approximate surface area is 109 Å². The van der Waals surface area contributed by atoms with E-state index in [0.717, 1.165) is 22.9 Å². The molecule has 0 saturated heterocycles. The number of hydrogen-bond donors (Lipinski definition) is 0. The van der Waals surface area contributed by atoms with Gasteiger partial charge in [-0.3, -0.25) is 4.79 Å². The molecule has 0 unspecified atom stereocenters. The lowest BCUT2D eigenvalue weighted by atomic mass is 10.1. The second-order valence-corrected chi connectivity index (χ2v) is 4.37. The molecule has 0 spiro atoms. The van der Waals surface area contributed by atoms with E-state index in [9.17, 15) is 9.18 Å². The van der Waals surface area contributed by atoms with Crippen molar-refractivity contribution in [1.82, 2.24) is 9.78 Å². The Balaban J connectivity index is 2.28. The Morgan fingerprint density at radius 3 is 2.79 bits per heavy atom. The quantitative estimate of drug-likeness (QED) is 0.658. The molecule has 94 valence electrons. The zero-order valence-electron chi connectivity index (χ0n) is 10.3. The molecule has 0 amide bonds. The van der Waals surface area contributed by atoms with Crippen LogP contribution in [0.5, 0.6) is 0 Å². The third kappa shape index (κ3) is 1.91. The molecule has 0 radical (unpaired) electrons. The predicted octanol–water partition coefficient (Wildman–Crippen LogP) is 3.29. The fourth-order valence-electron chi connectivity index (χ4n) is 2.16. The SMILES string of the molecule is Cc1nn(-c2cccc(F)c2)c2ccc(C=O)cc12. The highest BCUT2D eigenvalue weighted by atomic mass is 19.1. The minimum atomic E-state index is -0.302. The molecule has 3 nitrogen and oxygen atoms in total. The van der Waals surface area contributed by atoms with Crippen molar-refractivity contribution < 1.29 is 9.18 Å². The summed E-state index contributed by atoms with van der Waals surface area (Å²) in [6.45, 7) is 1.87. The molecule has 0 aliphatic carbocycles. The van der Waals surface area contributed by atoms with Crippen LogP contribution in [0.1, 0.15) is 16.1 Å². The predicted molar refractivity (Wildman–Crippen MR) is 71.2 cm³/mol. The molecule has 0 N–H and O–H groups in total. The van der Waals surface area contributed by atoms with Crippen LogP contribution in [0.15, 0.2) is 42.5 Å². The molecule has 0 atom stereocenters. The molecule has 3 aromatic rings. The van der Waals surface area contributed by atoms with Crippen LogP contribution in [0.4, 0.5) is 4.39 Å². The van der Waals surface area contributed by atoms with Gasteiger partial charge in [-0.2, -0.15) is 5.10 Å². The number of rotatable bonds is 2. The lowest BCUT2D eigenvalue weighted by Gasteiger charge is -2.03. The minimum Gasteiger partial charge on any atom is -0.298 e. The third-order valence-corrected chi connectivity index (χ3v) is 3.08. The van der Waals surface area contributed by atoms with Crippen molar-refractivity contribution in [3.63, 3.8) is 0 Å². The van der Waals surface area contributed by atoms with Crippen molar-refractivity contribution in [2.75, 3.05) is 0 Å². The van der Waals surface area contributed by atoms with Crippen LogP contribution >= 0.6 is 0 Å². The molecule has 1 aromatic heterocycles. The number of fused-ring (bicyclic) bond motifs is 1. The maximum atomic E-state index is 13.3. The summed E-state index contributed by atoms with van der Waals surface area (Å²) in [7, 11) is 0. The topological polar surface area (TPSA) is 34.9 Å². The van der Waals surface area contributed by atoms with Crippen molar-refractivity contribution in [2.24, 2.45) is 0 Å². The van der Waals surface area contributed by atoms with Gasteiger partial charge in [0.05, 0.1) is 16.9 Å². The van der Waals surface area contributed by atoms with Crippen molar-refractivity contribution in [3.8, 4) is 5.69 Å². The number of aryl methyl sites for hydroxylation is 1. The smallest absolute Gasteiger partial charge is 0.150 e. The Hall–Kier alpha value is -2.49. The highest BCUT2D eigenvalue weighted by molar-refractivity contribution is 5.89. The van der Waals surface area contributed by atoms with Gasteiger partial charge in [-0.05, 0) is 43.3 Å². The lowest BCUT2D eigenvalue weighted by Crippen LogP contribution is -1.96. The van der Waals surface area contributed by atoms with E-state index in [0.29, 0.717) is 11.3 Å². The Bertz CT molecular complexity index is 777. The van der Waals surface area contributed by atoms with Gasteiger partial charge < -0.3 is 0 Å². The summed E-state index contributed by atoms with van der Waals surface area (Å²) in [5.74, 6) is -0.302. The fourth-order valence-corrected chi connectivity index (χ4v) is 2.16. The van der Waals surface area contributed by atoms with Crippen LogP contribution in [-0.2, 0) is 0 Å². The summed E-state index contributed by atoms with van der Waals surface area (Å²) < 4.78 is 15.0. The highest BCUT2D eigenvalue weighted by Gasteiger charge is 2.09. The Kier molecular flexibility index (Phi) is 2.63. The van der Waals surface area contributed by atoms with Crippen LogP contribution in [0.25, 0.3) is 16.6 Å². The number of hydrogen-bond acceptors (Lipinski definition) is 2. The van der Waals surface area contributed by atoms with Gasteiger partial charge in [-0.1, -0.05) is 6.07 Å². The molecule has 0 aliphatic rings. The maximum Gasteiger partial charge on any atom is 0.150 e. The fraction of sp³-hybridized carbons (Fsp3) is 0.0667. The molecule has 1 heterocycles. The Morgan fingerprint density at radius 1 is 1.21 bits per heavy atom. The monoisotopic (exact) mass is 254 g/mol. The Morgan fingerprint density at radius 2 is 2.05 bits per heavy atom. The molecule has 19 heavy (non-hydrogen) atoms. The van der Waals surface area contributed by atoms with Crippen LogP contribution in [-0.4, -0.2) is 16.1 Å². The summed E-state index contributed by atoms with van der Waals surface area (Å²) in [6.07, 6.45) is 0.804. The largest absolute Gasteiger partial charge is 0.298 e. The summed E-state index contributed by atoms with van der Waals surface area (Å²) >= 11 is 0. The number of carbonyl (C=O) groups excluding carboxylic acids is 1. The van der Waals surface area contributed by atoms with Crippen molar-refractivity contribution in [2.45, 2.75) is 6.92 Å². The second-order valence-electron chi connectivity index (χ2n) is 4.37. The molecule has 0 aliphatic heterocycles. The van der Waals surface area contributed by atoms with Gasteiger partial charge in [0.15, 0.2) is 0 Å². The standard InChI is InChI=1S/C15H11FN2O/c1-10-14-7-11(9-19)5-6-15(14)18(17-10)13-4-2-3-12(16)8-13/h2-9H,1H3. The van der Waals surface area contributed by atoms with E-state index in [1.165, 1.54) is 12.1 Å². The van der Waals surface area contributed by atoms with E-state index in [2.05, 4.69) is 5.10 Å². The molecule has 2 aromatic carbocycles.